The molecule has 2 heteroatoms. The molecule has 16 heavy (non-hydrogen) atoms. The van der Waals surface area contributed by atoms with Crippen molar-refractivity contribution in [2.45, 2.75) is 32.6 Å². The number of rotatable bonds is 6. The molecule has 0 saturated carbocycles. The van der Waals surface area contributed by atoms with Crippen LogP contribution in [0.25, 0.3) is 6.08 Å². The summed E-state index contributed by atoms with van der Waals surface area (Å²) in [4.78, 5) is 10.9. The van der Waals surface area contributed by atoms with Gasteiger partial charge in [0.2, 0.25) is 0 Å². The number of hydrogen-bond acceptors (Lipinski definition) is 1. The molecule has 0 atom stereocenters. The molecule has 0 aromatic heterocycles. The van der Waals surface area contributed by atoms with E-state index >= 15 is 0 Å². The molecule has 0 unspecified atom stereocenters. The van der Waals surface area contributed by atoms with Gasteiger partial charge in [-0.2, -0.15) is 0 Å². The lowest BCUT2D eigenvalue weighted by molar-refractivity contribution is 0.0696. The van der Waals surface area contributed by atoms with Crippen molar-refractivity contribution in [1.29, 1.82) is 0 Å². The zero-order chi connectivity index (χ0) is 11.8. The van der Waals surface area contributed by atoms with Gasteiger partial charge in [-0.3, -0.25) is 0 Å². The smallest absolute Gasteiger partial charge is 0.336 e. The largest absolute Gasteiger partial charge is 0.478 e. The molecule has 1 rings (SSSR count). The van der Waals surface area contributed by atoms with Gasteiger partial charge in [0, 0.05) is 0 Å². The van der Waals surface area contributed by atoms with Crippen LogP contribution in [0.4, 0.5) is 0 Å². The average Bonchev–Trinajstić information content (AvgIpc) is 2.29. The Morgan fingerprint density at radius 1 is 1.31 bits per heavy atom. The van der Waals surface area contributed by atoms with E-state index in [1.807, 2.05) is 18.2 Å². The highest BCUT2D eigenvalue weighted by Gasteiger charge is 2.05. The van der Waals surface area contributed by atoms with Gasteiger partial charge in [0.1, 0.15) is 0 Å². The lowest BCUT2D eigenvalue weighted by Gasteiger charge is -1.99. The second-order valence-electron chi connectivity index (χ2n) is 3.79. The van der Waals surface area contributed by atoms with E-state index in [9.17, 15) is 4.79 Å². The standard InChI is InChI=1S/C14H18O2/c1-2-3-4-5-6-9-12-10-7-8-11-13(12)14(15)16/h6-11H,2-5H2,1H3,(H,15,16). The number of carbonyl (C=O) groups is 1. The van der Waals surface area contributed by atoms with Crippen LogP contribution < -0.4 is 0 Å². The molecule has 1 aromatic rings. The Morgan fingerprint density at radius 3 is 2.75 bits per heavy atom. The number of allylic oxidation sites excluding steroid dienone is 1. The monoisotopic (exact) mass is 218 g/mol. The van der Waals surface area contributed by atoms with Crippen LogP contribution in [-0.4, -0.2) is 11.1 Å². The molecule has 0 aliphatic carbocycles. The summed E-state index contributed by atoms with van der Waals surface area (Å²) in [5, 5.41) is 8.97. The third kappa shape index (κ3) is 3.89. The van der Waals surface area contributed by atoms with Crippen molar-refractivity contribution >= 4 is 12.0 Å². The van der Waals surface area contributed by atoms with Crippen LogP contribution in [0.3, 0.4) is 0 Å². The first kappa shape index (κ1) is 12.5. The summed E-state index contributed by atoms with van der Waals surface area (Å²) < 4.78 is 0. The van der Waals surface area contributed by atoms with E-state index < -0.39 is 5.97 Å². The lowest BCUT2D eigenvalue weighted by Crippen LogP contribution is -1.98. The van der Waals surface area contributed by atoms with Crippen molar-refractivity contribution in [1.82, 2.24) is 0 Å². The Labute approximate surface area is 96.6 Å². The third-order valence-corrected chi connectivity index (χ3v) is 2.46. The zero-order valence-electron chi connectivity index (χ0n) is 9.65. The maximum absolute atomic E-state index is 10.9. The quantitative estimate of drug-likeness (QED) is 0.733. The highest BCUT2D eigenvalue weighted by molar-refractivity contribution is 5.92. The van der Waals surface area contributed by atoms with E-state index in [0.29, 0.717) is 5.56 Å². The van der Waals surface area contributed by atoms with E-state index in [-0.39, 0.29) is 0 Å². The van der Waals surface area contributed by atoms with Crippen molar-refractivity contribution in [2.24, 2.45) is 0 Å². The maximum Gasteiger partial charge on any atom is 0.336 e. The van der Waals surface area contributed by atoms with Crippen LogP contribution in [0, 0.1) is 0 Å². The highest BCUT2D eigenvalue weighted by atomic mass is 16.4. The van der Waals surface area contributed by atoms with Gasteiger partial charge in [-0.25, -0.2) is 4.79 Å². The van der Waals surface area contributed by atoms with Crippen molar-refractivity contribution in [3.05, 3.63) is 41.5 Å². The molecule has 0 spiro atoms. The van der Waals surface area contributed by atoms with Crippen LogP contribution >= 0.6 is 0 Å². The average molecular weight is 218 g/mol. The molecule has 1 aromatic carbocycles. The number of carboxylic acid groups (broad SMARTS) is 1. The van der Waals surface area contributed by atoms with Crippen LogP contribution in [0.2, 0.25) is 0 Å². The van der Waals surface area contributed by atoms with Gasteiger partial charge in [0.05, 0.1) is 5.56 Å². The summed E-state index contributed by atoms with van der Waals surface area (Å²) in [6.07, 6.45) is 8.57. The first-order valence-corrected chi connectivity index (χ1v) is 5.74. The van der Waals surface area contributed by atoms with Gasteiger partial charge in [0.25, 0.3) is 0 Å². The van der Waals surface area contributed by atoms with E-state index in [2.05, 4.69) is 13.0 Å². The van der Waals surface area contributed by atoms with Crippen LogP contribution in [-0.2, 0) is 0 Å². The predicted molar refractivity (Wildman–Crippen MR) is 66.6 cm³/mol. The molecule has 0 bridgehead atoms. The fraction of sp³-hybridized carbons (Fsp3) is 0.357. The van der Waals surface area contributed by atoms with Gasteiger partial charge in [0.15, 0.2) is 0 Å². The normalized spacial score (nSPS) is 10.8. The van der Waals surface area contributed by atoms with Crippen LogP contribution in [0.1, 0.15) is 48.5 Å². The van der Waals surface area contributed by atoms with Crippen molar-refractivity contribution in [3.63, 3.8) is 0 Å². The molecule has 0 radical (unpaired) electrons. The molecule has 0 heterocycles. The second-order valence-corrected chi connectivity index (χ2v) is 3.79. The lowest BCUT2D eigenvalue weighted by atomic mass is 10.1. The predicted octanol–water partition coefficient (Wildman–Crippen LogP) is 3.98. The Hall–Kier alpha value is -1.57. The molecule has 0 saturated heterocycles. The summed E-state index contributed by atoms with van der Waals surface area (Å²) in [6.45, 7) is 2.17. The van der Waals surface area contributed by atoms with Crippen molar-refractivity contribution in [2.75, 3.05) is 0 Å². The summed E-state index contributed by atoms with van der Waals surface area (Å²) in [7, 11) is 0. The van der Waals surface area contributed by atoms with E-state index in [1.165, 1.54) is 19.3 Å². The topological polar surface area (TPSA) is 37.3 Å². The number of carboxylic acids is 1. The molecule has 0 amide bonds. The van der Waals surface area contributed by atoms with Gasteiger partial charge in [-0.15, -0.1) is 0 Å². The minimum absolute atomic E-state index is 0.370. The van der Waals surface area contributed by atoms with Crippen molar-refractivity contribution in [3.8, 4) is 0 Å². The summed E-state index contributed by atoms with van der Waals surface area (Å²) in [6, 6.07) is 7.07. The third-order valence-electron chi connectivity index (χ3n) is 2.46. The number of aromatic carboxylic acids is 1. The number of hydrogen-bond donors (Lipinski definition) is 1. The van der Waals surface area contributed by atoms with Gasteiger partial charge >= 0.3 is 5.97 Å². The summed E-state index contributed by atoms with van der Waals surface area (Å²) >= 11 is 0. The minimum atomic E-state index is -0.867. The fourth-order valence-corrected chi connectivity index (χ4v) is 1.56. The Balaban J connectivity index is 2.62. The maximum atomic E-state index is 10.9. The number of benzene rings is 1. The molecule has 86 valence electrons. The van der Waals surface area contributed by atoms with Crippen molar-refractivity contribution < 1.29 is 9.90 Å². The minimum Gasteiger partial charge on any atom is -0.478 e. The summed E-state index contributed by atoms with van der Waals surface area (Å²) in [5.41, 5.74) is 1.15. The van der Waals surface area contributed by atoms with E-state index in [4.69, 9.17) is 5.11 Å². The van der Waals surface area contributed by atoms with Crippen LogP contribution in [0.5, 0.6) is 0 Å². The summed E-state index contributed by atoms with van der Waals surface area (Å²) in [5.74, 6) is -0.867. The first-order valence-electron chi connectivity index (χ1n) is 5.74. The molecule has 0 fully saturated rings. The second kappa shape index (κ2) is 6.83. The SMILES string of the molecule is CCCCCC=Cc1ccccc1C(=O)O. The Morgan fingerprint density at radius 2 is 2.06 bits per heavy atom. The Bertz CT molecular complexity index is 367. The van der Waals surface area contributed by atoms with E-state index in [0.717, 1.165) is 12.0 Å². The molecule has 2 nitrogen and oxygen atoms in total. The van der Waals surface area contributed by atoms with Crippen LogP contribution in [0.15, 0.2) is 30.3 Å². The van der Waals surface area contributed by atoms with E-state index in [1.54, 1.807) is 12.1 Å². The highest BCUT2D eigenvalue weighted by Crippen LogP contribution is 2.11. The van der Waals surface area contributed by atoms with Gasteiger partial charge in [-0.1, -0.05) is 50.1 Å². The van der Waals surface area contributed by atoms with Gasteiger partial charge < -0.3 is 5.11 Å². The fourth-order valence-electron chi connectivity index (χ4n) is 1.56. The molecule has 0 aliphatic heterocycles. The van der Waals surface area contributed by atoms with Gasteiger partial charge in [-0.05, 0) is 24.5 Å². The first-order chi connectivity index (χ1) is 7.75. The molecular formula is C14H18O2. The Kier molecular flexibility index (Phi) is 5.34. The molecule has 0 aliphatic rings. The molecular weight excluding hydrogens is 200 g/mol. The molecule has 1 N–H and O–H groups in total. The zero-order valence-corrected chi connectivity index (χ0v) is 9.65. The number of unbranched alkanes of at least 4 members (excludes halogenated alkanes) is 3.